The molecule has 1 heterocycles. The summed E-state index contributed by atoms with van der Waals surface area (Å²) in [5.74, 6) is 0.899. The number of rotatable bonds is 8. The highest BCUT2D eigenvalue weighted by Crippen LogP contribution is 2.23. The third-order valence-electron chi connectivity index (χ3n) is 2.90. The van der Waals surface area contributed by atoms with Crippen molar-refractivity contribution in [2.24, 2.45) is 5.41 Å². The topological polar surface area (TPSA) is 57.2 Å². The summed E-state index contributed by atoms with van der Waals surface area (Å²) in [6.45, 7) is 8.51. The van der Waals surface area contributed by atoms with Crippen molar-refractivity contribution in [3.8, 4) is 0 Å². The van der Waals surface area contributed by atoms with E-state index in [0.717, 1.165) is 37.4 Å². The number of pyridine rings is 1. The zero-order valence-corrected chi connectivity index (χ0v) is 11.7. The normalized spacial score (nSPS) is 11.3. The van der Waals surface area contributed by atoms with Gasteiger partial charge in [0.1, 0.15) is 5.82 Å². The maximum atomic E-state index is 8.87. The van der Waals surface area contributed by atoms with E-state index in [1.54, 1.807) is 6.20 Å². The molecule has 0 unspecified atom stereocenters. The van der Waals surface area contributed by atoms with Crippen molar-refractivity contribution in [2.75, 3.05) is 30.3 Å². The molecule has 0 aliphatic heterocycles. The lowest BCUT2D eigenvalue weighted by Crippen LogP contribution is -2.23. The fraction of sp³-hybridized carbons (Fsp3) is 0.643. The van der Waals surface area contributed by atoms with E-state index in [2.05, 4.69) is 36.4 Å². The molecular formula is C14H25N3O. The Bertz CT molecular complexity index is 353. The lowest BCUT2D eigenvalue weighted by atomic mass is 9.88. The molecule has 0 saturated heterocycles. The predicted octanol–water partition coefficient (Wildman–Crippen LogP) is 2.72. The summed E-state index contributed by atoms with van der Waals surface area (Å²) < 4.78 is 0. The average molecular weight is 251 g/mol. The minimum atomic E-state index is 0.185. The second-order valence-electron chi connectivity index (χ2n) is 5.31. The molecule has 0 saturated carbocycles. The molecule has 0 aromatic carbocycles. The number of hydrogen-bond donors (Lipinski definition) is 3. The van der Waals surface area contributed by atoms with E-state index >= 15 is 0 Å². The van der Waals surface area contributed by atoms with Crippen molar-refractivity contribution >= 4 is 11.5 Å². The predicted molar refractivity (Wildman–Crippen MR) is 77.0 cm³/mol. The van der Waals surface area contributed by atoms with Crippen LogP contribution in [0.25, 0.3) is 0 Å². The van der Waals surface area contributed by atoms with E-state index in [9.17, 15) is 0 Å². The van der Waals surface area contributed by atoms with Crippen LogP contribution >= 0.6 is 0 Å². The summed E-state index contributed by atoms with van der Waals surface area (Å²) in [7, 11) is 0. The minimum absolute atomic E-state index is 0.185. The molecule has 0 fully saturated rings. The summed E-state index contributed by atoms with van der Waals surface area (Å²) in [6, 6.07) is 3.99. The van der Waals surface area contributed by atoms with Crippen LogP contribution in [0.4, 0.5) is 11.5 Å². The Morgan fingerprint density at radius 1 is 1.33 bits per heavy atom. The first-order valence-corrected chi connectivity index (χ1v) is 6.62. The summed E-state index contributed by atoms with van der Waals surface area (Å²) in [5, 5.41) is 15.5. The standard InChI is InChI=1S/C14H25N3O/c1-4-15-13-10-12(6-8-16-13)17-11-14(2,3)7-5-9-18/h6,8,10,18H,4-5,7,9,11H2,1-3H3,(H2,15,16,17). The highest BCUT2D eigenvalue weighted by molar-refractivity contribution is 5.51. The van der Waals surface area contributed by atoms with E-state index < -0.39 is 0 Å². The maximum absolute atomic E-state index is 8.87. The van der Waals surface area contributed by atoms with Crippen LogP contribution in [0.5, 0.6) is 0 Å². The van der Waals surface area contributed by atoms with Gasteiger partial charge in [-0.1, -0.05) is 13.8 Å². The fourth-order valence-corrected chi connectivity index (χ4v) is 1.81. The summed E-state index contributed by atoms with van der Waals surface area (Å²) in [6.07, 6.45) is 3.68. The number of nitrogens with zero attached hydrogens (tertiary/aromatic N) is 1. The number of hydrogen-bond acceptors (Lipinski definition) is 4. The van der Waals surface area contributed by atoms with Crippen LogP contribution in [0.1, 0.15) is 33.6 Å². The third-order valence-corrected chi connectivity index (χ3v) is 2.90. The lowest BCUT2D eigenvalue weighted by Gasteiger charge is -2.25. The average Bonchev–Trinajstić information content (AvgIpc) is 2.35. The Balaban J connectivity index is 2.49. The van der Waals surface area contributed by atoms with Crippen molar-refractivity contribution in [2.45, 2.75) is 33.6 Å². The first-order chi connectivity index (χ1) is 8.57. The summed E-state index contributed by atoms with van der Waals surface area (Å²) >= 11 is 0. The number of aliphatic hydroxyl groups excluding tert-OH is 1. The van der Waals surface area contributed by atoms with Crippen LogP contribution in [0, 0.1) is 5.41 Å². The molecule has 0 aliphatic carbocycles. The third kappa shape index (κ3) is 5.36. The molecular weight excluding hydrogens is 226 g/mol. The Labute approximate surface area is 110 Å². The van der Waals surface area contributed by atoms with Crippen molar-refractivity contribution in [3.05, 3.63) is 18.3 Å². The summed E-state index contributed by atoms with van der Waals surface area (Å²) in [4.78, 5) is 4.24. The second kappa shape index (κ2) is 7.21. The first-order valence-electron chi connectivity index (χ1n) is 6.62. The Kier molecular flexibility index (Phi) is 5.92. The van der Waals surface area contributed by atoms with E-state index in [0.29, 0.717) is 0 Å². The zero-order valence-electron chi connectivity index (χ0n) is 11.7. The van der Waals surface area contributed by atoms with Crippen LogP contribution in [0.15, 0.2) is 18.3 Å². The largest absolute Gasteiger partial charge is 0.396 e. The van der Waals surface area contributed by atoms with Gasteiger partial charge in [0.15, 0.2) is 0 Å². The molecule has 0 aliphatic rings. The number of aliphatic hydroxyl groups is 1. The summed E-state index contributed by atoms with van der Waals surface area (Å²) in [5.41, 5.74) is 1.27. The van der Waals surface area contributed by atoms with Gasteiger partial charge in [0, 0.05) is 37.6 Å². The molecule has 0 radical (unpaired) electrons. The quantitative estimate of drug-likeness (QED) is 0.665. The molecule has 4 heteroatoms. The molecule has 0 spiro atoms. The molecule has 3 N–H and O–H groups in total. The molecule has 1 rings (SSSR count). The smallest absolute Gasteiger partial charge is 0.127 e. The molecule has 0 amide bonds. The molecule has 1 aromatic heterocycles. The molecule has 0 bridgehead atoms. The SMILES string of the molecule is CCNc1cc(NCC(C)(C)CCCO)ccn1. The molecule has 102 valence electrons. The highest BCUT2D eigenvalue weighted by atomic mass is 16.2. The van der Waals surface area contributed by atoms with Crippen LogP contribution in [0.3, 0.4) is 0 Å². The van der Waals surface area contributed by atoms with E-state index in [4.69, 9.17) is 5.11 Å². The number of nitrogens with one attached hydrogen (secondary N) is 2. The molecule has 0 atom stereocenters. The minimum Gasteiger partial charge on any atom is -0.396 e. The van der Waals surface area contributed by atoms with E-state index in [1.165, 1.54) is 0 Å². The van der Waals surface area contributed by atoms with Crippen LogP contribution in [-0.4, -0.2) is 29.8 Å². The second-order valence-corrected chi connectivity index (χ2v) is 5.31. The maximum Gasteiger partial charge on any atom is 0.127 e. The van der Waals surface area contributed by atoms with Gasteiger partial charge < -0.3 is 15.7 Å². The Hall–Kier alpha value is -1.29. The van der Waals surface area contributed by atoms with Crippen molar-refractivity contribution < 1.29 is 5.11 Å². The molecule has 18 heavy (non-hydrogen) atoms. The van der Waals surface area contributed by atoms with Crippen molar-refractivity contribution in [1.82, 2.24) is 4.98 Å². The highest BCUT2D eigenvalue weighted by Gasteiger charge is 2.16. The van der Waals surface area contributed by atoms with Gasteiger partial charge in [-0.2, -0.15) is 0 Å². The van der Waals surface area contributed by atoms with Crippen molar-refractivity contribution in [3.63, 3.8) is 0 Å². The van der Waals surface area contributed by atoms with Gasteiger partial charge in [-0.05, 0) is 31.2 Å². The van der Waals surface area contributed by atoms with Crippen LogP contribution in [-0.2, 0) is 0 Å². The van der Waals surface area contributed by atoms with Gasteiger partial charge in [-0.15, -0.1) is 0 Å². The molecule has 4 nitrogen and oxygen atoms in total. The number of aromatic nitrogens is 1. The van der Waals surface area contributed by atoms with Crippen LogP contribution in [0.2, 0.25) is 0 Å². The first kappa shape index (κ1) is 14.8. The van der Waals surface area contributed by atoms with Gasteiger partial charge in [0.2, 0.25) is 0 Å². The van der Waals surface area contributed by atoms with Crippen molar-refractivity contribution in [1.29, 1.82) is 0 Å². The van der Waals surface area contributed by atoms with Gasteiger partial charge in [0.25, 0.3) is 0 Å². The lowest BCUT2D eigenvalue weighted by molar-refractivity contribution is 0.248. The molecule has 1 aromatic rings. The Morgan fingerprint density at radius 3 is 2.78 bits per heavy atom. The number of anilines is 2. The van der Waals surface area contributed by atoms with Gasteiger partial charge in [0.05, 0.1) is 0 Å². The van der Waals surface area contributed by atoms with E-state index in [-0.39, 0.29) is 12.0 Å². The monoisotopic (exact) mass is 251 g/mol. The Morgan fingerprint density at radius 2 is 2.11 bits per heavy atom. The van der Waals surface area contributed by atoms with Gasteiger partial charge in [-0.3, -0.25) is 0 Å². The van der Waals surface area contributed by atoms with Gasteiger partial charge in [-0.25, -0.2) is 4.98 Å². The fourth-order valence-electron chi connectivity index (χ4n) is 1.81. The van der Waals surface area contributed by atoms with E-state index in [1.807, 2.05) is 12.1 Å². The van der Waals surface area contributed by atoms with Gasteiger partial charge >= 0.3 is 0 Å². The van der Waals surface area contributed by atoms with Crippen LogP contribution < -0.4 is 10.6 Å². The zero-order chi connectivity index (χ0) is 13.4.